The van der Waals surface area contributed by atoms with Crippen LogP contribution < -0.4 is 0 Å². The monoisotopic (exact) mass is 274 g/mol. The molecule has 0 bridgehead atoms. The van der Waals surface area contributed by atoms with Crippen LogP contribution in [-0.4, -0.2) is 5.11 Å². The van der Waals surface area contributed by atoms with Crippen molar-refractivity contribution < 1.29 is 5.11 Å². The van der Waals surface area contributed by atoms with Gasteiger partial charge < -0.3 is 5.11 Å². The van der Waals surface area contributed by atoms with Crippen molar-refractivity contribution in [3.8, 4) is 0 Å². The lowest BCUT2D eigenvalue weighted by Gasteiger charge is -2.45. The molecule has 0 aromatic heterocycles. The van der Waals surface area contributed by atoms with Crippen LogP contribution in [0.4, 0.5) is 0 Å². The Balaban J connectivity index is 2.29. The van der Waals surface area contributed by atoms with Crippen molar-refractivity contribution in [3.05, 3.63) is 35.4 Å². The fraction of sp³-hybridized carbons (Fsp3) is 0.684. The van der Waals surface area contributed by atoms with E-state index in [9.17, 15) is 5.11 Å². The molecule has 2 rings (SSSR count). The van der Waals surface area contributed by atoms with Crippen LogP contribution >= 0.6 is 0 Å². The van der Waals surface area contributed by atoms with Crippen LogP contribution in [0.1, 0.15) is 64.5 Å². The Morgan fingerprint density at radius 3 is 2.40 bits per heavy atom. The molecule has 1 aromatic carbocycles. The summed E-state index contributed by atoms with van der Waals surface area (Å²) < 4.78 is 0. The molecule has 0 amide bonds. The van der Waals surface area contributed by atoms with Gasteiger partial charge in [0.25, 0.3) is 0 Å². The summed E-state index contributed by atoms with van der Waals surface area (Å²) in [5.41, 5.74) is 1.88. The zero-order valence-electron chi connectivity index (χ0n) is 13.5. The summed E-state index contributed by atoms with van der Waals surface area (Å²) in [5, 5.41) is 11.4. The summed E-state index contributed by atoms with van der Waals surface area (Å²) in [6.45, 7) is 8.97. The Kier molecular flexibility index (Phi) is 4.90. The standard InChI is InChI=1S/C19H30O/c1-5-6-16-8-10-17(11-9-16)19(20)13-15(4)7-12-18(19)14(2)3/h8-11,14-15,18,20H,5-7,12-13H2,1-4H3. The van der Waals surface area contributed by atoms with Crippen LogP contribution in [0.25, 0.3) is 0 Å². The van der Waals surface area contributed by atoms with E-state index in [2.05, 4.69) is 52.0 Å². The summed E-state index contributed by atoms with van der Waals surface area (Å²) in [4.78, 5) is 0. The molecule has 1 N–H and O–H groups in total. The van der Waals surface area contributed by atoms with Gasteiger partial charge in [-0.3, -0.25) is 0 Å². The number of hydrogen-bond donors (Lipinski definition) is 1. The number of aliphatic hydroxyl groups is 1. The molecule has 1 fully saturated rings. The van der Waals surface area contributed by atoms with Crippen LogP contribution in [-0.2, 0) is 12.0 Å². The first-order valence-corrected chi connectivity index (χ1v) is 8.29. The number of rotatable bonds is 4. The first kappa shape index (κ1) is 15.6. The molecule has 112 valence electrons. The summed E-state index contributed by atoms with van der Waals surface area (Å²) in [6, 6.07) is 8.73. The summed E-state index contributed by atoms with van der Waals surface area (Å²) in [5.74, 6) is 1.53. The van der Waals surface area contributed by atoms with E-state index in [0.29, 0.717) is 17.8 Å². The Labute approximate surface area is 124 Å². The zero-order chi connectivity index (χ0) is 14.8. The van der Waals surface area contributed by atoms with Gasteiger partial charge >= 0.3 is 0 Å². The second kappa shape index (κ2) is 6.30. The highest BCUT2D eigenvalue weighted by Gasteiger charge is 2.43. The third-order valence-electron chi connectivity index (χ3n) is 5.04. The predicted molar refractivity (Wildman–Crippen MR) is 85.7 cm³/mol. The second-order valence-corrected chi connectivity index (χ2v) is 7.11. The van der Waals surface area contributed by atoms with Crippen molar-refractivity contribution in [2.45, 2.75) is 65.4 Å². The maximum atomic E-state index is 11.4. The average molecular weight is 274 g/mol. The molecule has 0 saturated heterocycles. The molecule has 1 aliphatic carbocycles. The van der Waals surface area contributed by atoms with Gasteiger partial charge in [-0.1, -0.05) is 64.8 Å². The highest BCUT2D eigenvalue weighted by molar-refractivity contribution is 5.29. The highest BCUT2D eigenvalue weighted by atomic mass is 16.3. The molecular weight excluding hydrogens is 244 g/mol. The van der Waals surface area contributed by atoms with Crippen molar-refractivity contribution in [2.75, 3.05) is 0 Å². The predicted octanol–water partition coefficient (Wildman–Crippen LogP) is 4.92. The molecule has 0 aliphatic heterocycles. The zero-order valence-corrected chi connectivity index (χ0v) is 13.5. The Bertz CT molecular complexity index is 420. The van der Waals surface area contributed by atoms with Crippen molar-refractivity contribution in [1.29, 1.82) is 0 Å². The average Bonchev–Trinajstić information content (AvgIpc) is 2.39. The molecule has 1 nitrogen and oxygen atoms in total. The largest absolute Gasteiger partial charge is 0.385 e. The molecule has 0 radical (unpaired) electrons. The van der Waals surface area contributed by atoms with Gasteiger partial charge in [-0.2, -0.15) is 0 Å². The minimum absolute atomic E-state index is 0.385. The van der Waals surface area contributed by atoms with Gasteiger partial charge in [0.1, 0.15) is 0 Å². The van der Waals surface area contributed by atoms with Crippen molar-refractivity contribution in [3.63, 3.8) is 0 Å². The maximum Gasteiger partial charge on any atom is 0.0929 e. The Morgan fingerprint density at radius 1 is 1.20 bits per heavy atom. The van der Waals surface area contributed by atoms with Crippen LogP contribution in [0.15, 0.2) is 24.3 Å². The lowest BCUT2D eigenvalue weighted by molar-refractivity contribution is -0.0865. The topological polar surface area (TPSA) is 20.2 Å². The normalized spacial score (nSPS) is 30.7. The first-order valence-electron chi connectivity index (χ1n) is 8.29. The van der Waals surface area contributed by atoms with Crippen molar-refractivity contribution >= 4 is 0 Å². The minimum Gasteiger partial charge on any atom is -0.385 e. The van der Waals surface area contributed by atoms with E-state index in [-0.39, 0.29) is 0 Å². The van der Waals surface area contributed by atoms with Crippen LogP contribution in [0.5, 0.6) is 0 Å². The molecule has 0 spiro atoms. The molecule has 1 aromatic rings. The molecule has 20 heavy (non-hydrogen) atoms. The Hall–Kier alpha value is -0.820. The first-order chi connectivity index (χ1) is 9.47. The van der Waals surface area contributed by atoms with Crippen molar-refractivity contribution in [1.82, 2.24) is 0 Å². The lowest BCUT2D eigenvalue weighted by atomic mass is 9.64. The van der Waals surface area contributed by atoms with Gasteiger partial charge in [0, 0.05) is 0 Å². The summed E-state index contributed by atoms with van der Waals surface area (Å²) in [7, 11) is 0. The Morgan fingerprint density at radius 2 is 1.85 bits per heavy atom. The van der Waals surface area contributed by atoms with Gasteiger partial charge in [0.05, 0.1) is 5.60 Å². The van der Waals surface area contributed by atoms with Gasteiger partial charge in [0.15, 0.2) is 0 Å². The lowest BCUT2D eigenvalue weighted by Crippen LogP contribution is -2.43. The van der Waals surface area contributed by atoms with Crippen LogP contribution in [0.3, 0.4) is 0 Å². The van der Waals surface area contributed by atoms with Crippen LogP contribution in [0.2, 0.25) is 0 Å². The van der Waals surface area contributed by atoms with E-state index >= 15 is 0 Å². The number of aryl methyl sites for hydroxylation is 1. The third kappa shape index (κ3) is 3.09. The van der Waals surface area contributed by atoms with E-state index in [1.807, 2.05) is 0 Å². The fourth-order valence-corrected chi connectivity index (χ4v) is 3.95. The SMILES string of the molecule is CCCc1ccc(C2(O)CC(C)CCC2C(C)C)cc1. The minimum atomic E-state index is -0.628. The van der Waals surface area contributed by atoms with Crippen LogP contribution in [0, 0.1) is 17.8 Å². The van der Waals surface area contributed by atoms with Gasteiger partial charge in [-0.05, 0) is 48.1 Å². The maximum absolute atomic E-state index is 11.4. The molecule has 1 saturated carbocycles. The van der Waals surface area contributed by atoms with Gasteiger partial charge in [-0.15, -0.1) is 0 Å². The molecule has 1 heteroatoms. The summed E-state index contributed by atoms with van der Waals surface area (Å²) >= 11 is 0. The van der Waals surface area contributed by atoms with Crippen molar-refractivity contribution in [2.24, 2.45) is 17.8 Å². The fourth-order valence-electron chi connectivity index (χ4n) is 3.95. The third-order valence-corrected chi connectivity index (χ3v) is 5.04. The smallest absolute Gasteiger partial charge is 0.0929 e. The number of hydrogen-bond acceptors (Lipinski definition) is 1. The van der Waals surface area contributed by atoms with E-state index in [1.165, 1.54) is 18.4 Å². The molecule has 1 aliphatic rings. The van der Waals surface area contributed by atoms with E-state index in [0.717, 1.165) is 24.8 Å². The van der Waals surface area contributed by atoms with E-state index in [4.69, 9.17) is 0 Å². The van der Waals surface area contributed by atoms with E-state index < -0.39 is 5.60 Å². The molecule has 3 atom stereocenters. The molecule has 3 unspecified atom stereocenters. The molecule has 0 heterocycles. The second-order valence-electron chi connectivity index (χ2n) is 7.11. The van der Waals surface area contributed by atoms with E-state index in [1.54, 1.807) is 0 Å². The quantitative estimate of drug-likeness (QED) is 0.826. The number of benzene rings is 1. The van der Waals surface area contributed by atoms with Gasteiger partial charge in [-0.25, -0.2) is 0 Å². The highest BCUT2D eigenvalue weighted by Crippen LogP contribution is 2.47. The summed E-state index contributed by atoms with van der Waals surface area (Å²) in [6.07, 6.45) is 5.60. The van der Waals surface area contributed by atoms with Gasteiger partial charge in [0.2, 0.25) is 0 Å². The molecular formula is C19H30O.